The maximum absolute atomic E-state index is 12.7. The van der Waals surface area contributed by atoms with Gasteiger partial charge in [0, 0.05) is 24.5 Å². The Labute approximate surface area is 197 Å². The van der Waals surface area contributed by atoms with Crippen LogP contribution in [0.25, 0.3) is 5.69 Å². The average Bonchev–Trinajstić information content (AvgIpc) is 3.36. The van der Waals surface area contributed by atoms with Crippen molar-refractivity contribution >= 4 is 33.2 Å². The Morgan fingerprint density at radius 2 is 1.76 bits per heavy atom. The smallest absolute Gasteiger partial charge is 0.261 e. The second-order valence-electron chi connectivity index (χ2n) is 7.24. The number of benzene rings is 3. The molecule has 168 valence electrons. The van der Waals surface area contributed by atoms with Crippen LogP contribution in [0, 0.1) is 0 Å². The Hall–Kier alpha value is -3.62. The lowest BCUT2D eigenvalue weighted by molar-refractivity contribution is 0.0954. The lowest BCUT2D eigenvalue weighted by Crippen LogP contribution is -2.26. The van der Waals surface area contributed by atoms with E-state index >= 15 is 0 Å². The topological polar surface area (TPSA) is 93.1 Å². The Morgan fingerprint density at radius 1 is 0.970 bits per heavy atom. The number of nitrogens with one attached hydrogen (secondary N) is 2. The molecule has 9 heteroatoms. The average molecular weight is 481 g/mol. The molecule has 0 saturated carbocycles. The molecule has 2 N–H and O–H groups in total. The van der Waals surface area contributed by atoms with Crippen molar-refractivity contribution in [3.63, 3.8) is 0 Å². The largest absolute Gasteiger partial charge is 0.352 e. The van der Waals surface area contributed by atoms with Crippen molar-refractivity contribution in [2.45, 2.75) is 11.3 Å². The Kier molecular flexibility index (Phi) is 6.76. The van der Waals surface area contributed by atoms with Gasteiger partial charge in [0.1, 0.15) is 0 Å². The maximum atomic E-state index is 12.7. The first kappa shape index (κ1) is 22.6. The van der Waals surface area contributed by atoms with Gasteiger partial charge in [-0.05, 0) is 60.5 Å². The summed E-state index contributed by atoms with van der Waals surface area (Å²) in [7, 11) is -3.90. The van der Waals surface area contributed by atoms with Crippen LogP contribution >= 0.6 is 11.6 Å². The third-order valence-electron chi connectivity index (χ3n) is 4.93. The van der Waals surface area contributed by atoms with Gasteiger partial charge in [0.05, 0.1) is 21.3 Å². The molecule has 4 rings (SSSR count). The summed E-state index contributed by atoms with van der Waals surface area (Å²) >= 11 is 6.05. The van der Waals surface area contributed by atoms with Gasteiger partial charge in [-0.15, -0.1) is 0 Å². The van der Waals surface area contributed by atoms with E-state index in [4.69, 9.17) is 11.6 Å². The number of carbonyl (C=O) groups is 1. The number of halogens is 1. The molecule has 0 unspecified atom stereocenters. The van der Waals surface area contributed by atoms with Crippen molar-refractivity contribution in [1.82, 2.24) is 15.1 Å². The molecule has 0 radical (unpaired) electrons. The van der Waals surface area contributed by atoms with Gasteiger partial charge >= 0.3 is 0 Å². The van der Waals surface area contributed by atoms with Crippen LogP contribution < -0.4 is 10.0 Å². The normalized spacial score (nSPS) is 11.2. The van der Waals surface area contributed by atoms with Crippen molar-refractivity contribution in [1.29, 1.82) is 0 Å². The summed E-state index contributed by atoms with van der Waals surface area (Å²) in [5, 5.41) is 7.31. The van der Waals surface area contributed by atoms with E-state index in [1.807, 2.05) is 36.5 Å². The maximum Gasteiger partial charge on any atom is 0.261 e. The van der Waals surface area contributed by atoms with Crippen LogP contribution in [-0.2, 0) is 16.4 Å². The predicted molar refractivity (Wildman–Crippen MR) is 128 cm³/mol. The number of anilines is 1. The summed E-state index contributed by atoms with van der Waals surface area (Å²) in [5.74, 6) is -0.349. The number of aromatic nitrogens is 2. The first-order valence-electron chi connectivity index (χ1n) is 10.2. The van der Waals surface area contributed by atoms with Crippen LogP contribution in [-0.4, -0.2) is 30.7 Å². The molecular formula is C24H21ClN4O3S. The molecule has 4 aromatic rings. The van der Waals surface area contributed by atoms with Crippen LogP contribution in [0.3, 0.4) is 0 Å². The van der Waals surface area contributed by atoms with Crippen molar-refractivity contribution < 1.29 is 13.2 Å². The van der Waals surface area contributed by atoms with Gasteiger partial charge < -0.3 is 5.32 Å². The molecule has 0 atom stereocenters. The van der Waals surface area contributed by atoms with Crippen molar-refractivity contribution in [2.75, 3.05) is 11.3 Å². The molecule has 1 amide bonds. The lowest BCUT2D eigenvalue weighted by atomic mass is 10.1. The molecule has 0 bridgehead atoms. The van der Waals surface area contributed by atoms with Crippen LogP contribution in [0.1, 0.15) is 15.9 Å². The number of hydrogen-bond acceptors (Lipinski definition) is 4. The van der Waals surface area contributed by atoms with E-state index in [0.29, 0.717) is 13.0 Å². The molecule has 7 nitrogen and oxygen atoms in total. The summed E-state index contributed by atoms with van der Waals surface area (Å²) in [4.78, 5) is 12.6. The Balaban J connectivity index is 1.37. The van der Waals surface area contributed by atoms with Gasteiger partial charge in [-0.25, -0.2) is 13.1 Å². The minimum Gasteiger partial charge on any atom is -0.352 e. The molecule has 0 aliphatic rings. The zero-order valence-electron chi connectivity index (χ0n) is 17.5. The summed E-state index contributed by atoms with van der Waals surface area (Å²) in [6.45, 7) is 0.412. The van der Waals surface area contributed by atoms with Crippen LogP contribution in [0.2, 0.25) is 5.02 Å². The highest BCUT2D eigenvalue weighted by Gasteiger charge is 2.17. The van der Waals surface area contributed by atoms with Gasteiger partial charge in [0.15, 0.2) is 0 Å². The van der Waals surface area contributed by atoms with Gasteiger partial charge in [0.2, 0.25) is 0 Å². The number of amides is 1. The van der Waals surface area contributed by atoms with Crippen molar-refractivity contribution in [2.24, 2.45) is 0 Å². The fourth-order valence-electron chi connectivity index (χ4n) is 3.21. The van der Waals surface area contributed by atoms with Gasteiger partial charge in [0.25, 0.3) is 15.9 Å². The van der Waals surface area contributed by atoms with E-state index in [1.54, 1.807) is 41.2 Å². The number of sulfonamides is 1. The lowest BCUT2D eigenvalue weighted by Gasteiger charge is -2.11. The molecule has 0 saturated heterocycles. The highest BCUT2D eigenvalue weighted by atomic mass is 35.5. The van der Waals surface area contributed by atoms with E-state index in [9.17, 15) is 13.2 Å². The molecule has 1 heterocycles. The molecule has 1 aromatic heterocycles. The van der Waals surface area contributed by atoms with Gasteiger partial charge in [-0.1, -0.05) is 41.9 Å². The minimum atomic E-state index is -3.90. The second kappa shape index (κ2) is 9.89. The second-order valence-corrected chi connectivity index (χ2v) is 9.33. The van der Waals surface area contributed by atoms with Gasteiger partial charge in [-0.2, -0.15) is 5.10 Å². The molecule has 0 aliphatic heterocycles. The highest BCUT2D eigenvalue weighted by molar-refractivity contribution is 7.92. The number of para-hydroxylation sites is 1. The van der Waals surface area contributed by atoms with Crippen LogP contribution in [0.5, 0.6) is 0 Å². The standard InChI is InChI=1S/C24H21ClN4O3S/c25-22-7-1-2-8-23(22)28-33(31,32)21-6-3-5-19(17-21)24(30)26-15-13-18-9-11-20(12-10-18)29-16-4-14-27-29/h1-12,14,16-17,28H,13,15H2,(H,26,30). The number of nitrogens with zero attached hydrogens (tertiary/aromatic N) is 2. The summed E-state index contributed by atoms with van der Waals surface area (Å²) in [6, 6.07) is 22.2. The molecule has 0 fully saturated rings. The quantitative estimate of drug-likeness (QED) is 0.393. The first-order chi connectivity index (χ1) is 15.9. The van der Waals surface area contributed by atoms with E-state index in [1.165, 1.54) is 18.2 Å². The summed E-state index contributed by atoms with van der Waals surface area (Å²) in [6.07, 6.45) is 4.22. The highest BCUT2D eigenvalue weighted by Crippen LogP contribution is 2.24. The van der Waals surface area contributed by atoms with E-state index in [0.717, 1.165) is 11.3 Å². The predicted octanol–water partition coefficient (Wildman–Crippen LogP) is 4.30. The van der Waals surface area contributed by atoms with Crippen molar-refractivity contribution in [3.05, 3.63) is 107 Å². The van der Waals surface area contributed by atoms with Gasteiger partial charge in [-0.3, -0.25) is 9.52 Å². The van der Waals surface area contributed by atoms with E-state index < -0.39 is 10.0 Å². The monoisotopic (exact) mass is 480 g/mol. The van der Waals surface area contributed by atoms with Crippen LogP contribution in [0.4, 0.5) is 5.69 Å². The number of hydrogen-bond donors (Lipinski definition) is 2. The number of carbonyl (C=O) groups excluding carboxylic acids is 1. The molecular weight excluding hydrogens is 460 g/mol. The summed E-state index contributed by atoms with van der Waals surface area (Å²) < 4.78 is 29.7. The SMILES string of the molecule is O=C(NCCc1ccc(-n2cccn2)cc1)c1cccc(S(=O)(=O)Nc2ccccc2Cl)c1. The molecule has 0 aliphatic carbocycles. The number of rotatable bonds is 8. The fourth-order valence-corrected chi connectivity index (χ4v) is 4.58. The molecule has 3 aromatic carbocycles. The van der Waals surface area contributed by atoms with Crippen molar-refractivity contribution in [3.8, 4) is 5.69 Å². The molecule has 0 spiro atoms. The zero-order chi connectivity index (χ0) is 23.3. The Morgan fingerprint density at radius 3 is 2.48 bits per heavy atom. The summed E-state index contributed by atoms with van der Waals surface area (Å²) in [5.41, 5.74) is 2.54. The third kappa shape index (κ3) is 5.60. The first-order valence-corrected chi connectivity index (χ1v) is 12.0. The fraction of sp³-hybridized carbons (Fsp3) is 0.0833. The van der Waals surface area contributed by atoms with E-state index in [-0.39, 0.29) is 27.1 Å². The zero-order valence-corrected chi connectivity index (χ0v) is 19.1. The Bertz CT molecular complexity index is 1350. The minimum absolute atomic E-state index is 0.0238. The van der Waals surface area contributed by atoms with E-state index in [2.05, 4.69) is 15.1 Å². The molecule has 33 heavy (non-hydrogen) atoms. The third-order valence-corrected chi connectivity index (χ3v) is 6.62. The van der Waals surface area contributed by atoms with Crippen LogP contribution in [0.15, 0.2) is 96.2 Å².